The van der Waals surface area contributed by atoms with Crippen LogP contribution in [0, 0.1) is 0 Å². The Morgan fingerprint density at radius 2 is 0.742 bits per heavy atom. The van der Waals surface area contributed by atoms with E-state index in [4.69, 9.17) is 32.7 Å². The number of halogens is 12. The van der Waals surface area contributed by atoms with Crippen LogP contribution < -0.4 is 0 Å². The zero-order chi connectivity index (χ0) is 46.0. The van der Waals surface area contributed by atoms with Gasteiger partial charge >= 0.3 is 24.7 Å². The van der Waals surface area contributed by atoms with E-state index in [9.17, 15) is 52.7 Å². The minimum atomic E-state index is -4.72. The van der Waals surface area contributed by atoms with Crippen LogP contribution in [0.1, 0.15) is 82.0 Å². The van der Waals surface area contributed by atoms with Crippen molar-refractivity contribution in [1.29, 1.82) is 0 Å². The van der Waals surface area contributed by atoms with E-state index in [2.05, 4.69) is 0 Å². The summed E-state index contributed by atoms with van der Waals surface area (Å²) in [6.07, 6.45) is -19.6. The third-order valence-corrected chi connectivity index (χ3v) is 20.1. The zero-order valence-electron chi connectivity index (χ0n) is 33.4. The molecule has 2 fully saturated rings. The summed E-state index contributed by atoms with van der Waals surface area (Å²) in [6.45, 7) is -5.37. The molecule has 4 aromatic carbocycles. The van der Waals surface area contributed by atoms with Gasteiger partial charge in [0.05, 0.1) is 59.1 Å². The standard InChI is InChI=1S/C40H40F12N4O2P2S2/c1-24(58-60(62)55(4)35(27-12-8-16-31(22-27)39(47,48)49)36(56(60)5)28-13-9-17-32(23-28)40(50,51)52)18-19-57-59(61)53(2)33(25-10-6-14-29(20-25)37(41,42)43)34(54(59)3)26-11-7-15-30(21-26)38(44,45)46/h6-17,20-24,33-36H,18-19H2,1-5H3/t24?,33-,34-,35-,36-/m0/s1. The van der Waals surface area contributed by atoms with Crippen molar-refractivity contribution in [2.75, 3.05) is 34.8 Å². The molecule has 2 aliphatic heterocycles. The van der Waals surface area contributed by atoms with Crippen molar-refractivity contribution < 1.29 is 61.7 Å². The molecule has 5 atom stereocenters. The summed E-state index contributed by atoms with van der Waals surface area (Å²) in [6, 6.07) is 13.8. The van der Waals surface area contributed by atoms with Crippen molar-refractivity contribution in [2.45, 2.75) is 68.3 Å². The lowest BCUT2D eigenvalue weighted by Crippen LogP contribution is -2.22. The van der Waals surface area contributed by atoms with Crippen LogP contribution in [0.4, 0.5) is 52.7 Å². The summed E-state index contributed by atoms with van der Waals surface area (Å²) in [7, 11) is 6.13. The van der Waals surface area contributed by atoms with E-state index in [1.54, 1.807) is 25.6 Å². The second-order valence-corrected chi connectivity index (χ2v) is 22.9. The van der Waals surface area contributed by atoms with Crippen LogP contribution in [0.5, 0.6) is 0 Å². The van der Waals surface area contributed by atoms with E-state index in [-0.39, 0.29) is 35.3 Å². The first-order chi connectivity index (χ1) is 28.6. The molecule has 62 heavy (non-hydrogen) atoms. The van der Waals surface area contributed by atoms with Crippen LogP contribution >= 0.6 is 13.1 Å². The maximum Gasteiger partial charge on any atom is 0.416 e. The van der Waals surface area contributed by atoms with Crippen molar-refractivity contribution in [2.24, 2.45) is 0 Å². The number of likely N-dealkylation sites (N-methyl/N-ethyl adjacent to an activating group) is 4. The van der Waals surface area contributed by atoms with Gasteiger partial charge in [-0.15, -0.1) is 0 Å². The lowest BCUT2D eigenvalue weighted by atomic mass is 9.91. The number of hydrogen-bond acceptors (Lipinski definition) is 4. The van der Waals surface area contributed by atoms with Gasteiger partial charge in [0.1, 0.15) is 0 Å². The third-order valence-electron chi connectivity index (χ3n) is 11.1. The van der Waals surface area contributed by atoms with Gasteiger partial charge in [-0.2, -0.15) is 52.7 Å². The van der Waals surface area contributed by atoms with Crippen molar-refractivity contribution in [1.82, 2.24) is 18.7 Å². The number of hydrogen-bond donors (Lipinski definition) is 0. The van der Waals surface area contributed by atoms with Gasteiger partial charge in [0.2, 0.25) is 13.1 Å². The van der Waals surface area contributed by atoms with E-state index < -0.39 is 90.4 Å². The monoisotopic (exact) mass is 962 g/mol. The highest BCUT2D eigenvalue weighted by Gasteiger charge is 2.53. The maximum absolute atomic E-state index is 13.9. The molecule has 0 saturated carbocycles. The van der Waals surface area contributed by atoms with Crippen LogP contribution in [0.15, 0.2) is 97.1 Å². The summed E-state index contributed by atoms with van der Waals surface area (Å²) in [5, 5.41) is 0. The Labute approximate surface area is 360 Å². The second-order valence-electron chi connectivity index (χ2n) is 15.1. The van der Waals surface area contributed by atoms with Gasteiger partial charge in [-0.25, -0.2) is 18.7 Å². The fourth-order valence-electron chi connectivity index (χ4n) is 8.03. The third kappa shape index (κ3) is 9.56. The SMILES string of the molecule is CC(CCOP1(=S)N(C)[C@@H](c2cccc(C(F)(F)F)c2)[C@H](c2cccc(C(F)(F)F)c2)N1C)OP1(=S)N(C)[C@@H](c2cccc(C(F)(F)F)c2)[C@H](c2cccc(C(F)(F)F)c2)N1C. The molecule has 2 saturated heterocycles. The predicted octanol–water partition coefficient (Wildman–Crippen LogP) is 13.0. The van der Waals surface area contributed by atoms with E-state index >= 15 is 0 Å². The highest BCUT2D eigenvalue weighted by molar-refractivity contribution is 8.10. The number of rotatable bonds is 10. The minimum absolute atomic E-state index is 0.0744. The van der Waals surface area contributed by atoms with Gasteiger partial charge in [0.25, 0.3) is 0 Å². The fourth-order valence-corrected chi connectivity index (χ4v) is 14.7. The average molecular weight is 963 g/mol. The molecule has 22 heteroatoms. The Bertz CT molecular complexity index is 2220. The van der Waals surface area contributed by atoms with Crippen LogP contribution in [0.3, 0.4) is 0 Å². The topological polar surface area (TPSA) is 31.4 Å². The van der Waals surface area contributed by atoms with Gasteiger partial charge in [0.15, 0.2) is 0 Å². The van der Waals surface area contributed by atoms with Gasteiger partial charge in [0, 0.05) is 0 Å². The molecule has 4 aromatic rings. The van der Waals surface area contributed by atoms with Gasteiger partial charge < -0.3 is 9.05 Å². The molecule has 0 N–H and O–H groups in total. The molecule has 6 nitrogen and oxygen atoms in total. The van der Waals surface area contributed by atoms with Crippen molar-refractivity contribution in [3.05, 3.63) is 142 Å². The van der Waals surface area contributed by atoms with Crippen molar-refractivity contribution in [3.8, 4) is 0 Å². The molecule has 2 heterocycles. The smallest absolute Gasteiger partial charge is 0.327 e. The Hall–Kier alpha value is -2.90. The molecule has 0 aliphatic carbocycles. The first-order valence-corrected chi connectivity index (χ1v) is 24.0. The van der Waals surface area contributed by atoms with Crippen LogP contribution in [-0.4, -0.2) is 59.6 Å². The molecular formula is C40H40F12N4O2P2S2. The number of alkyl halides is 12. The van der Waals surface area contributed by atoms with Crippen LogP contribution in [0.25, 0.3) is 0 Å². The molecule has 0 radical (unpaired) electrons. The highest BCUT2D eigenvalue weighted by Crippen LogP contribution is 2.71. The predicted molar refractivity (Wildman–Crippen MR) is 217 cm³/mol. The second kappa shape index (κ2) is 17.5. The molecule has 0 bridgehead atoms. The summed E-state index contributed by atoms with van der Waals surface area (Å²) in [4.78, 5) is 0. The Balaban J connectivity index is 1.28. The lowest BCUT2D eigenvalue weighted by molar-refractivity contribution is -0.138. The minimum Gasteiger partial charge on any atom is -0.327 e. The van der Waals surface area contributed by atoms with Crippen molar-refractivity contribution >= 4 is 36.7 Å². The summed E-state index contributed by atoms with van der Waals surface area (Å²) >= 11 is 12.3. The summed E-state index contributed by atoms with van der Waals surface area (Å²) < 4.78 is 186. The van der Waals surface area contributed by atoms with Gasteiger partial charge in [-0.05, 0) is 136 Å². The Morgan fingerprint density at radius 1 is 0.484 bits per heavy atom. The summed E-state index contributed by atoms with van der Waals surface area (Å²) in [5.74, 6) is 0. The molecular weight excluding hydrogens is 923 g/mol. The number of nitrogens with zero attached hydrogens (tertiary/aromatic N) is 4. The number of benzene rings is 4. The van der Waals surface area contributed by atoms with Crippen LogP contribution in [0.2, 0.25) is 0 Å². The van der Waals surface area contributed by atoms with Crippen LogP contribution in [-0.2, 0) is 57.4 Å². The molecule has 1 unspecified atom stereocenters. The highest BCUT2D eigenvalue weighted by atomic mass is 32.5. The normalized spacial score (nSPS) is 23.6. The molecule has 338 valence electrons. The van der Waals surface area contributed by atoms with Gasteiger partial charge in [-0.1, -0.05) is 48.5 Å². The maximum atomic E-state index is 13.9. The van der Waals surface area contributed by atoms with Crippen molar-refractivity contribution in [3.63, 3.8) is 0 Å². The molecule has 2 aliphatic rings. The van der Waals surface area contributed by atoms with E-state index in [1.807, 2.05) is 0 Å². The first kappa shape index (κ1) is 48.6. The lowest BCUT2D eigenvalue weighted by Gasteiger charge is -2.34. The van der Waals surface area contributed by atoms with E-state index in [1.165, 1.54) is 76.7 Å². The Morgan fingerprint density at radius 3 is 1.00 bits per heavy atom. The quantitative estimate of drug-likeness (QED) is 0.115. The first-order valence-electron chi connectivity index (χ1n) is 18.7. The largest absolute Gasteiger partial charge is 0.416 e. The molecule has 0 amide bonds. The van der Waals surface area contributed by atoms with Gasteiger partial charge in [-0.3, -0.25) is 0 Å². The summed E-state index contributed by atoms with van der Waals surface area (Å²) in [5.41, 5.74) is -3.30. The molecule has 6 rings (SSSR count). The molecule has 0 aromatic heterocycles. The van der Waals surface area contributed by atoms with E-state index in [0.717, 1.165) is 48.5 Å². The molecule has 0 spiro atoms. The average Bonchev–Trinajstić information content (AvgIpc) is 3.50. The zero-order valence-corrected chi connectivity index (χ0v) is 36.8. The van der Waals surface area contributed by atoms with E-state index in [0.29, 0.717) is 0 Å². The Kier molecular flexibility index (Phi) is 13.7. The fraction of sp³-hybridized carbons (Fsp3) is 0.400.